The van der Waals surface area contributed by atoms with Crippen LogP contribution in [0.5, 0.6) is 5.75 Å². The third kappa shape index (κ3) is 5.27. The smallest absolute Gasteiger partial charge is 0.319 e. The van der Waals surface area contributed by atoms with Gasteiger partial charge in [0, 0.05) is 12.6 Å². The Hall–Kier alpha value is -1.75. The van der Waals surface area contributed by atoms with Crippen LogP contribution < -0.4 is 15.4 Å². The maximum atomic E-state index is 12.1. The minimum Gasteiger partial charge on any atom is -0.495 e. The van der Waals surface area contributed by atoms with Gasteiger partial charge < -0.3 is 20.3 Å². The summed E-state index contributed by atoms with van der Waals surface area (Å²) in [5.41, 5.74) is 0.636. The number of benzene rings is 1. The molecule has 0 saturated heterocycles. The van der Waals surface area contributed by atoms with E-state index in [1.165, 1.54) is 0 Å². The fourth-order valence-corrected chi connectivity index (χ4v) is 2.25. The molecule has 0 spiro atoms. The molecule has 1 rings (SSSR count). The molecule has 0 radical (unpaired) electrons. The number of carbonyl (C=O) groups is 1. The lowest BCUT2D eigenvalue weighted by Gasteiger charge is -2.34. The number of nitrogens with one attached hydrogen (secondary N) is 2. The van der Waals surface area contributed by atoms with Crippen molar-refractivity contribution >= 4 is 11.7 Å². The van der Waals surface area contributed by atoms with Crippen LogP contribution in [0.2, 0.25) is 0 Å². The number of hydrogen-bond donors (Lipinski definition) is 2. The van der Waals surface area contributed by atoms with Crippen molar-refractivity contribution < 1.29 is 9.53 Å². The number of hydrogen-bond acceptors (Lipinski definition) is 3. The first kappa shape index (κ1) is 17.3. The first-order chi connectivity index (χ1) is 9.76. The van der Waals surface area contributed by atoms with E-state index < -0.39 is 0 Å². The fourth-order valence-electron chi connectivity index (χ4n) is 2.25. The summed E-state index contributed by atoms with van der Waals surface area (Å²) in [6.07, 6.45) is 0. The number of carbonyl (C=O) groups excluding carboxylic acids is 1. The second-order valence-corrected chi connectivity index (χ2v) is 6.25. The largest absolute Gasteiger partial charge is 0.495 e. The molecule has 0 aliphatic rings. The minimum absolute atomic E-state index is 0.0262. The summed E-state index contributed by atoms with van der Waals surface area (Å²) < 4.78 is 5.22. The number of ether oxygens (including phenoxy) is 1. The Morgan fingerprint density at radius 1 is 1.33 bits per heavy atom. The van der Waals surface area contributed by atoms with Crippen molar-refractivity contribution in [3.05, 3.63) is 24.3 Å². The van der Waals surface area contributed by atoms with Gasteiger partial charge in [0.05, 0.1) is 12.8 Å². The van der Waals surface area contributed by atoms with Gasteiger partial charge in [0.2, 0.25) is 0 Å². The summed E-state index contributed by atoms with van der Waals surface area (Å²) in [6.45, 7) is 7.19. The molecule has 5 nitrogen and oxygen atoms in total. The van der Waals surface area contributed by atoms with Crippen LogP contribution in [-0.4, -0.2) is 44.7 Å². The Balaban J connectivity index is 2.65. The number of nitrogens with zero attached hydrogens (tertiary/aromatic N) is 1. The topological polar surface area (TPSA) is 53.6 Å². The van der Waals surface area contributed by atoms with Gasteiger partial charge in [-0.15, -0.1) is 0 Å². The highest BCUT2D eigenvalue weighted by atomic mass is 16.5. The lowest BCUT2D eigenvalue weighted by atomic mass is 9.85. The Morgan fingerprint density at radius 2 is 1.95 bits per heavy atom. The van der Waals surface area contributed by atoms with Crippen LogP contribution in [-0.2, 0) is 0 Å². The molecule has 0 aromatic heterocycles. The molecule has 0 aliphatic heterocycles. The van der Waals surface area contributed by atoms with Crippen molar-refractivity contribution in [2.45, 2.75) is 26.8 Å². The van der Waals surface area contributed by atoms with E-state index in [1.54, 1.807) is 7.11 Å². The predicted octanol–water partition coefficient (Wildman–Crippen LogP) is 2.79. The van der Waals surface area contributed by atoms with Gasteiger partial charge in [-0.1, -0.05) is 26.0 Å². The zero-order chi connectivity index (χ0) is 16.0. The highest BCUT2D eigenvalue weighted by Crippen LogP contribution is 2.24. The van der Waals surface area contributed by atoms with Crippen LogP contribution in [0.1, 0.15) is 20.8 Å². The van der Waals surface area contributed by atoms with E-state index in [-0.39, 0.29) is 17.5 Å². The lowest BCUT2D eigenvalue weighted by molar-refractivity contribution is 0.183. The van der Waals surface area contributed by atoms with E-state index in [9.17, 15) is 4.79 Å². The van der Waals surface area contributed by atoms with E-state index >= 15 is 0 Å². The van der Waals surface area contributed by atoms with Gasteiger partial charge in [-0.25, -0.2) is 4.79 Å². The molecule has 0 fully saturated rings. The van der Waals surface area contributed by atoms with Crippen molar-refractivity contribution in [3.8, 4) is 5.75 Å². The predicted molar refractivity (Wildman–Crippen MR) is 86.9 cm³/mol. The molecule has 0 saturated carbocycles. The molecule has 21 heavy (non-hydrogen) atoms. The van der Waals surface area contributed by atoms with Crippen molar-refractivity contribution in [3.63, 3.8) is 0 Å². The number of urea groups is 1. The highest BCUT2D eigenvalue weighted by molar-refractivity contribution is 5.91. The summed E-state index contributed by atoms with van der Waals surface area (Å²) in [5, 5.41) is 5.82. The van der Waals surface area contributed by atoms with Gasteiger partial charge >= 0.3 is 6.03 Å². The SMILES string of the molecule is COc1ccccc1NC(=O)N[C@H](C)C(C)(C)CN(C)C. The van der Waals surface area contributed by atoms with Gasteiger partial charge in [-0.3, -0.25) is 0 Å². The van der Waals surface area contributed by atoms with Crippen LogP contribution >= 0.6 is 0 Å². The molecule has 5 heteroatoms. The Morgan fingerprint density at radius 3 is 2.52 bits per heavy atom. The normalized spacial score (nSPS) is 12.9. The summed E-state index contributed by atoms with van der Waals surface area (Å²) in [7, 11) is 5.65. The molecule has 2 amide bonds. The molecular formula is C16H27N3O2. The summed E-state index contributed by atoms with van der Waals surface area (Å²) >= 11 is 0. The summed E-state index contributed by atoms with van der Waals surface area (Å²) in [4.78, 5) is 14.3. The van der Waals surface area contributed by atoms with Gasteiger partial charge in [-0.2, -0.15) is 0 Å². The van der Waals surface area contributed by atoms with E-state index in [0.29, 0.717) is 11.4 Å². The first-order valence-electron chi connectivity index (χ1n) is 7.11. The Bertz CT molecular complexity index is 472. The number of rotatable bonds is 6. The molecule has 0 unspecified atom stereocenters. The van der Waals surface area contributed by atoms with E-state index in [1.807, 2.05) is 45.3 Å². The lowest BCUT2D eigenvalue weighted by Crippen LogP contribution is -2.48. The summed E-state index contributed by atoms with van der Waals surface area (Å²) in [6, 6.07) is 7.17. The van der Waals surface area contributed by atoms with E-state index in [2.05, 4.69) is 29.4 Å². The molecule has 118 valence electrons. The third-order valence-corrected chi connectivity index (χ3v) is 3.60. The molecule has 0 bridgehead atoms. The molecule has 2 N–H and O–H groups in total. The number of para-hydroxylation sites is 2. The van der Waals surface area contributed by atoms with Crippen LogP contribution in [0.15, 0.2) is 24.3 Å². The van der Waals surface area contributed by atoms with E-state index in [0.717, 1.165) is 6.54 Å². The average Bonchev–Trinajstić information content (AvgIpc) is 2.37. The molecule has 1 aromatic rings. The second-order valence-electron chi connectivity index (χ2n) is 6.25. The summed E-state index contributed by atoms with van der Waals surface area (Å²) in [5.74, 6) is 0.646. The second kappa shape index (κ2) is 7.31. The third-order valence-electron chi connectivity index (χ3n) is 3.60. The van der Waals surface area contributed by atoms with Crippen molar-refractivity contribution in [2.75, 3.05) is 33.1 Å². The first-order valence-corrected chi connectivity index (χ1v) is 7.11. The standard InChI is InChI=1S/C16H27N3O2/c1-12(16(2,3)11-19(4)5)17-15(20)18-13-9-7-8-10-14(13)21-6/h7-10,12H,11H2,1-6H3,(H2,17,18,20)/t12-/m1/s1. The zero-order valence-corrected chi connectivity index (χ0v) is 13.9. The van der Waals surface area contributed by atoms with Crippen molar-refractivity contribution in [1.29, 1.82) is 0 Å². The van der Waals surface area contributed by atoms with E-state index in [4.69, 9.17) is 4.74 Å². The quantitative estimate of drug-likeness (QED) is 0.848. The Labute approximate surface area is 127 Å². The molecule has 0 heterocycles. The van der Waals surface area contributed by atoms with Crippen LogP contribution in [0.25, 0.3) is 0 Å². The average molecular weight is 293 g/mol. The maximum absolute atomic E-state index is 12.1. The molecule has 0 aliphatic carbocycles. The van der Waals surface area contributed by atoms with Gasteiger partial charge in [0.1, 0.15) is 5.75 Å². The molecule has 1 atom stereocenters. The Kier molecular flexibility index (Phi) is 6.03. The number of amides is 2. The number of anilines is 1. The minimum atomic E-state index is -0.223. The van der Waals surface area contributed by atoms with Crippen LogP contribution in [0.3, 0.4) is 0 Å². The van der Waals surface area contributed by atoms with Crippen LogP contribution in [0, 0.1) is 5.41 Å². The van der Waals surface area contributed by atoms with Crippen molar-refractivity contribution in [2.24, 2.45) is 5.41 Å². The maximum Gasteiger partial charge on any atom is 0.319 e. The van der Waals surface area contributed by atoms with Crippen LogP contribution in [0.4, 0.5) is 10.5 Å². The van der Waals surface area contributed by atoms with Gasteiger partial charge in [0.15, 0.2) is 0 Å². The van der Waals surface area contributed by atoms with Gasteiger partial charge in [0.25, 0.3) is 0 Å². The highest BCUT2D eigenvalue weighted by Gasteiger charge is 2.27. The van der Waals surface area contributed by atoms with Crippen molar-refractivity contribution in [1.82, 2.24) is 10.2 Å². The monoisotopic (exact) mass is 293 g/mol. The molecule has 1 aromatic carbocycles. The van der Waals surface area contributed by atoms with Gasteiger partial charge in [-0.05, 0) is 38.6 Å². The molecular weight excluding hydrogens is 266 g/mol. The fraction of sp³-hybridized carbons (Fsp3) is 0.562. The number of methoxy groups -OCH3 is 1. The zero-order valence-electron chi connectivity index (χ0n) is 13.9.